The predicted molar refractivity (Wildman–Crippen MR) is 53.0 cm³/mol. The summed E-state index contributed by atoms with van der Waals surface area (Å²) in [6, 6.07) is 7.02. The summed E-state index contributed by atoms with van der Waals surface area (Å²) in [5, 5.41) is 8.91. The SMILES string of the molecule is N#CCCc1cccc(F)c1CBr. The Hall–Kier alpha value is -0.880. The van der Waals surface area contributed by atoms with Crippen molar-refractivity contribution in [1.29, 1.82) is 5.26 Å². The molecule has 0 spiro atoms. The van der Waals surface area contributed by atoms with Gasteiger partial charge in [0.15, 0.2) is 0 Å². The van der Waals surface area contributed by atoms with Gasteiger partial charge in [0.25, 0.3) is 0 Å². The fourth-order valence-electron chi connectivity index (χ4n) is 1.18. The van der Waals surface area contributed by atoms with E-state index in [1.54, 1.807) is 6.07 Å². The van der Waals surface area contributed by atoms with Gasteiger partial charge in [0.1, 0.15) is 5.82 Å². The molecule has 0 aliphatic heterocycles. The normalized spacial score (nSPS) is 9.62. The van der Waals surface area contributed by atoms with Crippen molar-refractivity contribution >= 4 is 15.9 Å². The summed E-state index contributed by atoms with van der Waals surface area (Å²) < 4.78 is 13.2. The van der Waals surface area contributed by atoms with Gasteiger partial charge in [-0.05, 0) is 18.1 Å². The monoisotopic (exact) mass is 241 g/mol. The number of nitriles is 1. The van der Waals surface area contributed by atoms with Gasteiger partial charge in [-0.1, -0.05) is 28.1 Å². The molecule has 0 saturated carbocycles. The zero-order valence-electron chi connectivity index (χ0n) is 7.06. The molecule has 0 atom stereocenters. The molecule has 0 amide bonds. The maximum Gasteiger partial charge on any atom is 0.127 e. The van der Waals surface area contributed by atoms with Crippen molar-refractivity contribution in [3.05, 3.63) is 35.1 Å². The van der Waals surface area contributed by atoms with Crippen LogP contribution in [0.1, 0.15) is 17.5 Å². The number of hydrogen-bond donors (Lipinski definition) is 0. The smallest absolute Gasteiger partial charge is 0.127 e. The van der Waals surface area contributed by atoms with Crippen LogP contribution in [0.2, 0.25) is 0 Å². The molecule has 0 bridgehead atoms. The second-order valence-electron chi connectivity index (χ2n) is 2.67. The molecule has 0 saturated heterocycles. The molecule has 0 heterocycles. The number of benzene rings is 1. The van der Waals surface area contributed by atoms with Crippen LogP contribution in [0.4, 0.5) is 4.39 Å². The first-order valence-corrected chi connectivity index (χ1v) is 5.11. The van der Waals surface area contributed by atoms with Crippen molar-refractivity contribution in [2.45, 2.75) is 18.2 Å². The van der Waals surface area contributed by atoms with Gasteiger partial charge >= 0.3 is 0 Å². The van der Waals surface area contributed by atoms with E-state index in [0.717, 1.165) is 5.56 Å². The van der Waals surface area contributed by atoms with Crippen LogP contribution in [0.3, 0.4) is 0 Å². The number of hydrogen-bond acceptors (Lipinski definition) is 1. The number of alkyl halides is 1. The van der Waals surface area contributed by atoms with Crippen molar-refractivity contribution < 1.29 is 4.39 Å². The number of halogens is 2. The fraction of sp³-hybridized carbons (Fsp3) is 0.300. The molecule has 1 rings (SSSR count). The Kier molecular flexibility index (Phi) is 3.91. The van der Waals surface area contributed by atoms with Crippen LogP contribution in [-0.4, -0.2) is 0 Å². The van der Waals surface area contributed by atoms with Crippen molar-refractivity contribution in [1.82, 2.24) is 0 Å². The summed E-state index contributed by atoms with van der Waals surface area (Å²) in [5.41, 5.74) is 1.58. The molecule has 68 valence electrons. The molecule has 0 fully saturated rings. The summed E-state index contributed by atoms with van der Waals surface area (Å²) in [7, 11) is 0. The minimum atomic E-state index is -0.202. The maximum absolute atomic E-state index is 13.2. The summed E-state index contributed by atoms with van der Waals surface area (Å²) in [4.78, 5) is 0. The molecule has 0 aliphatic rings. The van der Waals surface area contributed by atoms with E-state index in [1.807, 2.05) is 12.1 Å². The van der Waals surface area contributed by atoms with Crippen molar-refractivity contribution in [3.8, 4) is 6.07 Å². The average Bonchev–Trinajstić information content (AvgIpc) is 2.15. The highest BCUT2D eigenvalue weighted by Crippen LogP contribution is 2.17. The number of nitrogens with zero attached hydrogens (tertiary/aromatic N) is 1. The Balaban J connectivity index is 2.93. The van der Waals surface area contributed by atoms with Gasteiger partial charge in [-0.2, -0.15) is 5.26 Å². The summed E-state index contributed by atoms with van der Waals surface area (Å²) in [6.45, 7) is 0. The highest BCUT2D eigenvalue weighted by Gasteiger charge is 2.05. The van der Waals surface area contributed by atoms with Crippen LogP contribution in [0, 0.1) is 17.1 Å². The quantitative estimate of drug-likeness (QED) is 0.746. The highest BCUT2D eigenvalue weighted by atomic mass is 79.9. The fourth-order valence-corrected chi connectivity index (χ4v) is 1.81. The lowest BCUT2D eigenvalue weighted by Gasteiger charge is -2.05. The van der Waals surface area contributed by atoms with Gasteiger partial charge < -0.3 is 0 Å². The van der Waals surface area contributed by atoms with Crippen molar-refractivity contribution in [3.63, 3.8) is 0 Å². The lowest BCUT2D eigenvalue weighted by atomic mass is 10.0. The third-order valence-corrected chi connectivity index (χ3v) is 2.42. The van der Waals surface area contributed by atoms with Crippen LogP contribution >= 0.6 is 15.9 Å². The Bertz CT molecular complexity index is 330. The second kappa shape index (κ2) is 4.98. The maximum atomic E-state index is 13.2. The van der Waals surface area contributed by atoms with E-state index in [4.69, 9.17) is 5.26 Å². The molecule has 0 aromatic heterocycles. The van der Waals surface area contributed by atoms with Crippen molar-refractivity contribution in [2.75, 3.05) is 0 Å². The van der Waals surface area contributed by atoms with Crippen LogP contribution in [0.25, 0.3) is 0 Å². The van der Waals surface area contributed by atoms with E-state index in [1.165, 1.54) is 6.07 Å². The van der Waals surface area contributed by atoms with Gasteiger partial charge in [0, 0.05) is 17.3 Å². The first-order valence-electron chi connectivity index (χ1n) is 3.98. The molecule has 3 heteroatoms. The number of aryl methyl sites for hydroxylation is 1. The topological polar surface area (TPSA) is 23.8 Å². The van der Waals surface area contributed by atoms with Crippen molar-refractivity contribution in [2.24, 2.45) is 0 Å². The highest BCUT2D eigenvalue weighted by molar-refractivity contribution is 9.08. The van der Waals surface area contributed by atoms with E-state index >= 15 is 0 Å². The zero-order chi connectivity index (χ0) is 9.68. The van der Waals surface area contributed by atoms with Gasteiger partial charge in [-0.25, -0.2) is 4.39 Å². The van der Waals surface area contributed by atoms with Crippen LogP contribution in [0.5, 0.6) is 0 Å². The van der Waals surface area contributed by atoms with Gasteiger partial charge in [0.2, 0.25) is 0 Å². The van der Waals surface area contributed by atoms with E-state index in [-0.39, 0.29) is 5.82 Å². The van der Waals surface area contributed by atoms with E-state index < -0.39 is 0 Å². The molecule has 1 aromatic carbocycles. The van der Waals surface area contributed by atoms with E-state index in [2.05, 4.69) is 15.9 Å². The predicted octanol–water partition coefficient (Wildman–Crippen LogP) is 3.18. The first kappa shape index (κ1) is 10.2. The second-order valence-corrected chi connectivity index (χ2v) is 3.23. The summed E-state index contributed by atoms with van der Waals surface area (Å²) in [5.74, 6) is -0.202. The lowest BCUT2D eigenvalue weighted by Crippen LogP contribution is -1.94. The molecule has 1 nitrogen and oxygen atoms in total. The largest absolute Gasteiger partial charge is 0.207 e. The van der Waals surface area contributed by atoms with E-state index in [9.17, 15) is 4.39 Å². The van der Waals surface area contributed by atoms with Crippen LogP contribution in [0.15, 0.2) is 18.2 Å². The lowest BCUT2D eigenvalue weighted by molar-refractivity contribution is 0.614. The number of rotatable bonds is 3. The molecule has 0 unspecified atom stereocenters. The molecule has 0 N–H and O–H groups in total. The van der Waals surface area contributed by atoms with Gasteiger partial charge in [0.05, 0.1) is 6.07 Å². The zero-order valence-corrected chi connectivity index (χ0v) is 8.64. The van der Waals surface area contributed by atoms with Gasteiger partial charge in [-0.3, -0.25) is 0 Å². The molecule has 0 radical (unpaired) electrons. The Morgan fingerprint density at radius 3 is 2.85 bits per heavy atom. The first-order chi connectivity index (χ1) is 6.29. The Morgan fingerprint density at radius 1 is 1.46 bits per heavy atom. The summed E-state index contributed by atoms with van der Waals surface area (Å²) in [6.07, 6.45) is 1.05. The third-order valence-electron chi connectivity index (χ3n) is 1.86. The Labute approximate surface area is 85.3 Å². The molecule has 13 heavy (non-hydrogen) atoms. The Morgan fingerprint density at radius 2 is 2.23 bits per heavy atom. The molecule has 1 aromatic rings. The molecular formula is C10H9BrFN. The van der Waals surface area contributed by atoms with Crippen LogP contribution < -0.4 is 0 Å². The minimum Gasteiger partial charge on any atom is -0.207 e. The molecular weight excluding hydrogens is 233 g/mol. The third kappa shape index (κ3) is 2.53. The summed E-state index contributed by atoms with van der Waals surface area (Å²) >= 11 is 3.23. The minimum absolute atomic E-state index is 0.202. The molecule has 0 aliphatic carbocycles. The van der Waals surface area contributed by atoms with E-state index in [0.29, 0.717) is 23.7 Å². The van der Waals surface area contributed by atoms with Gasteiger partial charge in [-0.15, -0.1) is 0 Å². The van der Waals surface area contributed by atoms with Crippen LogP contribution in [-0.2, 0) is 11.8 Å². The average molecular weight is 242 g/mol. The standard InChI is InChI=1S/C10H9BrFN/c11-7-9-8(4-2-6-13)3-1-5-10(9)12/h1,3,5H,2,4,7H2.